The van der Waals surface area contributed by atoms with E-state index in [9.17, 15) is 9.59 Å². The summed E-state index contributed by atoms with van der Waals surface area (Å²) in [7, 11) is 0. The Labute approximate surface area is 146 Å². The Morgan fingerprint density at radius 2 is 2.32 bits per heavy atom. The molecule has 0 aromatic carbocycles. The number of carbonyl (C=O) groups excluding carboxylic acids is 1. The standard InChI is InChI=1S/C18H24N4O3/c1-14-5-9-22(12-15-4-2-11-25-15)18(24)16(14)17(23)20-6-3-8-21-10-7-19-13-21/h5,7,9-10,13,15H,2-4,6,8,11-12H2,1H3,(H,20,23). The van der Waals surface area contributed by atoms with Crippen LogP contribution in [0, 0.1) is 6.92 Å². The molecule has 7 heteroatoms. The van der Waals surface area contributed by atoms with Crippen LogP contribution in [0.15, 0.2) is 35.8 Å². The van der Waals surface area contributed by atoms with E-state index >= 15 is 0 Å². The number of hydrogen-bond donors (Lipinski definition) is 1. The molecule has 1 N–H and O–H groups in total. The van der Waals surface area contributed by atoms with Gasteiger partial charge in [0, 0.05) is 38.3 Å². The highest BCUT2D eigenvalue weighted by Crippen LogP contribution is 2.13. The van der Waals surface area contributed by atoms with E-state index in [1.807, 2.05) is 16.8 Å². The zero-order valence-electron chi connectivity index (χ0n) is 14.5. The molecule has 2 aromatic rings. The minimum atomic E-state index is -0.310. The van der Waals surface area contributed by atoms with Crippen molar-refractivity contribution < 1.29 is 9.53 Å². The van der Waals surface area contributed by atoms with Gasteiger partial charge in [0.25, 0.3) is 11.5 Å². The van der Waals surface area contributed by atoms with Crippen molar-refractivity contribution in [3.8, 4) is 0 Å². The van der Waals surface area contributed by atoms with Crippen LogP contribution in [0.3, 0.4) is 0 Å². The number of rotatable bonds is 7. The molecular weight excluding hydrogens is 320 g/mol. The lowest BCUT2D eigenvalue weighted by molar-refractivity contribution is 0.0929. The van der Waals surface area contributed by atoms with Crippen molar-refractivity contribution >= 4 is 5.91 Å². The lowest BCUT2D eigenvalue weighted by Crippen LogP contribution is -2.36. The fourth-order valence-electron chi connectivity index (χ4n) is 3.06. The molecule has 1 fully saturated rings. The van der Waals surface area contributed by atoms with E-state index < -0.39 is 0 Å². The van der Waals surface area contributed by atoms with Gasteiger partial charge in [-0.1, -0.05) is 0 Å². The third-order valence-electron chi connectivity index (χ3n) is 4.46. The van der Waals surface area contributed by atoms with Crippen molar-refractivity contribution in [1.82, 2.24) is 19.4 Å². The molecule has 1 amide bonds. The molecule has 1 aliphatic heterocycles. The Morgan fingerprint density at radius 3 is 3.04 bits per heavy atom. The van der Waals surface area contributed by atoms with E-state index in [2.05, 4.69) is 10.3 Å². The number of imidazole rings is 1. The van der Waals surface area contributed by atoms with Crippen molar-refractivity contribution in [1.29, 1.82) is 0 Å². The quantitative estimate of drug-likeness (QED) is 0.769. The summed E-state index contributed by atoms with van der Waals surface area (Å²) in [4.78, 5) is 29.1. The fourth-order valence-corrected chi connectivity index (χ4v) is 3.06. The molecule has 0 spiro atoms. The van der Waals surface area contributed by atoms with Gasteiger partial charge in [-0.3, -0.25) is 9.59 Å². The largest absolute Gasteiger partial charge is 0.376 e. The number of nitrogens with one attached hydrogen (secondary N) is 1. The molecule has 3 heterocycles. The smallest absolute Gasteiger partial charge is 0.263 e. The minimum absolute atomic E-state index is 0.0616. The molecule has 1 atom stereocenters. The predicted octanol–water partition coefficient (Wildman–Crippen LogP) is 1.35. The van der Waals surface area contributed by atoms with E-state index in [1.54, 1.807) is 30.2 Å². The van der Waals surface area contributed by atoms with Crippen molar-refractivity contribution in [2.24, 2.45) is 0 Å². The molecule has 0 bridgehead atoms. The van der Waals surface area contributed by atoms with Crippen LogP contribution in [-0.2, 0) is 17.8 Å². The van der Waals surface area contributed by atoms with Crippen LogP contribution in [0.5, 0.6) is 0 Å². The summed E-state index contributed by atoms with van der Waals surface area (Å²) < 4.78 is 9.13. The molecule has 1 aliphatic rings. The van der Waals surface area contributed by atoms with Crippen LogP contribution in [-0.4, -0.2) is 39.3 Å². The maximum absolute atomic E-state index is 12.7. The SMILES string of the molecule is Cc1ccn(CC2CCCO2)c(=O)c1C(=O)NCCCn1ccnc1. The Morgan fingerprint density at radius 1 is 1.44 bits per heavy atom. The van der Waals surface area contributed by atoms with Gasteiger partial charge >= 0.3 is 0 Å². The van der Waals surface area contributed by atoms with Gasteiger partial charge in [0.2, 0.25) is 0 Å². The number of aryl methyl sites for hydroxylation is 2. The van der Waals surface area contributed by atoms with Crippen molar-refractivity contribution in [3.05, 3.63) is 52.5 Å². The Hall–Kier alpha value is -2.41. The van der Waals surface area contributed by atoms with Crippen molar-refractivity contribution in [3.63, 3.8) is 0 Å². The summed E-state index contributed by atoms with van der Waals surface area (Å²) in [5.41, 5.74) is 0.673. The van der Waals surface area contributed by atoms with Crippen LogP contribution in [0.25, 0.3) is 0 Å². The molecule has 0 radical (unpaired) electrons. The molecule has 1 saturated heterocycles. The Balaban J connectivity index is 1.61. The van der Waals surface area contributed by atoms with Gasteiger partial charge in [-0.2, -0.15) is 0 Å². The molecule has 1 unspecified atom stereocenters. The van der Waals surface area contributed by atoms with Crippen LogP contribution in [0.2, 0.25) is 0 Å². The van der Waals surface area contributed by atoms with E-state index in [1.165, 1.54) is 0 Å². The molecule has 0 aliphatic carbocycles. The topological polar surface area (TPSA) is 78.1 Å². The fraction of sp³-hybridized carbons (Fsp3) is 0.500. The maximum Gasteiger partial charge on any atom is 0.263 e. The number of aromatic nitrogens is 3. The van der Waals surface area contributed by atoms with Crippen LogP contribution >= 0.6 is 0 Å². The Kier molecular flexibility index (Phi) is 5.65. The van der Waals surface area contributed by atoms with E-state index in [0.29, 0.717) is 18.7 Å². The number of ether oxygens (including phenoxy) is 1. The first-order chi connectivity index (χ1) is 12.1. The average molecular weight is 344 g/mol. The first-order valence-corrected chi connectivity index (χ1v) is 8.71. The molecule has 7 nitrogen and oxygen atoms in total. The lowest BCUT2D eigenvalue weighted by Gasteiger charge is -2.14. The summed E-state index contributed by atoms with van der Waals surface area (Å²) in [6, 6.07) is 1.82. The summed E-state index contributed by atoms with van der Waals surface area (Å²) in [6.45, 7) is 4.32. The first-order valence-electron chi connectivity index (χ1n) is 8.71. The second kappa shape index (κ2) is 8.11. The monoisotopic (exact) mass is 344 g/mol. The molecule has 25 heavy (non-hydrogen) atoms. The van der Waals surface area contributed by atoms with Gasteiger partial charge in [0.05, 0.1) is 19.0 Å². The summed E-state index contributed by atoms with van der Waals surface area (Å²) >= 11 is 0. The third-order valence-corrected chi connectivity index (χ3v) is 4.46. The first kappa shape index (κ1) is 17.4. The highest BCUT2D eigenvalue weighted by molar-refractivity contribution is 5.95. The van der Waals surface area contributed by atoms with Crippen LogP contribution in [0.4, 0.5) is 0 Å². The van der Waals surface area contributed by atoms with Crippen LogP contribution < -0.4 is 10.9 Å². The second-order valence-corrected chi connectivity index (χ2v) is 6.38. The normalized spacial score (nSPS) is 16.9. The summed E-state index contributed by atoms with van der Waals surface area (Å²) in [6.07, 6.45) is 9.91. The summed E-state index contributed by atoms with van der Waals surface area (Å²) in [5, 5.41) is 2.85. The lowest BCUT2D eigenvalue weighted by atomic mass is 10.1. The van der Waals surface area contributed by atoms with E-state index in [0.717, 1.165) is 32.4 Å². The zero-order chi connectivity index (χ0) is 17.6. The van der Waals surface area contributed by atoms with E-state index in [4.69, 9.17) is 4.74 Å². The van der Waals surface area contributed by atoms with Gasteiger partial charge in [-0.25, -0.2) is 4.98 Å². The maximum atomic E-state index is 12.7. The second-order valence-electron chi connectivity index (χ2n) is 6.38. The molecular formula is C18H24N4O3. The van der Waals surface area contributed by atoms with Crippen molar-refractivity contribution in [2.45, 2.75) is 45.4 Å². The van der Waals surface area contributed by atoms with Gasteiger partial charge in [-0.15, -0.1) is 0 Å². The number of hydrogen-bond acceptors (Lipinski definition) is 4. The molecule has 2 aromatic heterocycles. The number of pyridine rings is 1. The summed E-state index contributed by atoms with van der Waals surface area (Å²) in [5.74, 6) is -0.310. The van der Waals surface area contributed by atoms with Gasteiger partial charge in [0.1, 0.15) is 5.56 Å². The molecule has 3 rings (SSSR count). The number of nitrogens with zero attached hydrogens (tertiary/aromatic N) is 3. The number of carbonyl (C=O) groups is 1. The van der Waals surface area contributed by atoms with Crippen LogP contribution in [0.1, 0.15) is 35.2 Å². The third kappa shape index (κ3) is 4.36. The number of amides is 1. The zero-order valence-corrected chi connectivity index (χ0v) is 14.5. The Bertz CT molecular complexity index is 761. The molecule has 134 valence electrons. The average Bonchev–Trinajstić information content (AvgIpc) is 3.28. The minimum Gasteiger partial charge on any atom is -0.376 e. The van der Waals surface area contributed by atoms with Gasteiger partial charge in [0.15, 0.2) is 0 Å². The van der Waals surface area contributed by atoms with E-state index in [-0.39, 0.29) is 23.1 Å². The molecule has 0 saturated carbocycles. The van der Waals surface area contributed by atoms with Gasteiger partial charge < -0.3 is 19.2 Å². The van der Waals surface area contributed by atoms with Crippen molar-refractivity contribution in [2.75, 3.05) is 13.2 Å². The predicted molar refractivity (Wildman–Crippen MR) is 93.6 cm³/mol. The highest BCUT2D eigenvalue weighted by Gasteiger charge is 2.20. The highest BCUT2D eigenvalue weighted by atomic mass is 16.5. The van der Waals surface area contributed by atoms with Gasteiger partial charge in [-0.05, 0) is 37.8 Å².